The van der Waals surface area contributed by atoms with E-state index in [2.05, 4.69) is 21.0 Å². The van der Waals surface area contributed by atoms with Crippen molar-refractivity contribution in [1.82, 2.24) is 24.4 Å². The Morgan fingerprint density at radius 3 is 3.14 bits per heavy atom. The molecular formula is C15H19N5O2. The van der Waals surface area contributed by atoms with Crippen LogP contribution in [0.4, 0.5) is 0 Å². The van der Waals surface area contributed by atoms with E-state index < -0.39 is 0 Å². The van der Waals surface area contributed by atoms with Crippen molar-refractivity contribution in [3.8, 4) is 0 Å². The number of aromatic nitrogens is 3. The second-order valence-electron chi connectivity index (χ2n) is 6.23. The molecule has 0 saturated carbocycles. The Morgan fingerprint density at radius 1 is 1.36 bits per heavy atom. The zero-order valence-corrected chi connectivity index (χ0v) is 12.6. The standard InChI is InChI=1S/C15H19N5O2/c1-18-9-15(22-8-14(18)21)5-6-19(10-15)7-12-3-2-4-13-16-11-17-20(12)13/h2-4,11H,5-10H2,1H3. The van der Waals surface area contributed by atoms with Crippen LogP contribution in [0.25, 0.3) is 5.65 Å². The number of ether oxygens (including phenoxy) is 1. The van der Waals surface area contributed by atoms with Crippen molar-refractivity contribution in [3.63, 3.8) is 0 Å². The summed E-state index contributed by atoms with van der Waals surface area (Å²) in [5, 5.41) is 4.28. The molecule has 2 aromatic rings. The molecule has 4 heterocycles. The first-order valence-electron chi connectivity index (χ1n) is 7.53. The predicted molar refractivity (Wildman–Crippen MR) is 79.2 cm³/mol. The van der Waals surface area contributed by atoms with Gasteiger partial charge in [-0.2, -0.15) is 5.10 Å². The summed E-state index contributed by atoms with van der Waals surface area (Å²) >= 11 is 0. The molecule has 0 aromatic carbocycles. The molecule has 2 aliphatic heterocycles. The van der Waals surface area contributed by atoms with Gasteiger partial charge in [0.05, 0.1) is 12.2 Å². The number of carbonyl (C=O) groups is 1. The number of pyridine rings is 1. The van der Waals surface area contributed by atoms with E-state index in [9.17, 15) is 4.79 Å². The Morgan fingerprint density at radius 2 is 2.27 bits per heavy atom. The van der Waals surface area contributed by atoms with Crippen LogP contribution in [-0.4, -0.2) is 69.2 Å². The molecule has 0 N–H and O–H groups in total. The highest BCUT2D eigenvalue weighted by molar-refractivity contribution is 5.78. The van der Waals surface area contributed by atoms with E-state index in [4.69, 9.17) is 4.74 Å². The van der Waals surface area contributed by atoms with Gasteiger partial charge in [-0.15, -0.1) is 0 Å². The minimum absolute atomic E-state index is 0.0662. The summed E-state index contributed by atoms with van der Waals surface area (Å²) in [5.41, 5.74) is 1.77. The third-order valence-corrected chi connectivity index (χ3v) is 4.61. The van der Waals surface area contributed by atoms with Crippen LogP contribution in [0, 0.1) is 0 Å². The number of rotatable bonds is 2. The lowest BCUT2D eigenvalue weighted by atomic mass is 10.0. The van der Waals surface area contributed by atoms with Crippen LogP contribution in [0.5, 0.6) is 0 Å². The summed E-state index contributed by atoms with van der Waals surface area (Å²) in [6.45, 7) is 3.49. The topological polar surface area (TPSA) is 63.0 Å². The molecule has 2 aliphatic rings. The highest BCUT2D eigenvalue weighted by Gasteiger charge is 2.44. The molecule has 1 atom stereocenters. The van der Waals surface area contributed by atoms with Gasteiger partial charge in [0.2, 0.25) is 5.91 Å². The van der Waals surface area contributed by atoms with Crippen LogP contribution < -0.4 is 0 Å². The average molecular weight is 301 g/mol. The second kappa shape index (κ2) is 5.03. The van der Waals surface area contributed by atoms with Crippen LogP contribution in [0.15, 0.2) is 24.5 Å². The lowest BCUT2D eigenvalue weighted by Gasteiger charge is -2.38. The van der Waals surface area contributed by atoms with Crippen LogP contribution in [0.1, 0.15) is 12.1 Å². The molecule has 2 aromatic heterocycles. The van der Waals surface area contributed by atoms with Gasteiger partial charge in [0.1, 0.15) is 18.5 Å². The summed E-state index contributed by atoms with van der Waals surface area (Å²) in [6, 6.07) is 6.03. The lowest BCUT2D eigenvalue weighted by Crippen LogP contribution is -2.54. The molecule has 116 valence electrons. The molecule has 0 bridgehead atoms. The Hall–Kier alpha value is -1.99. The monoisotopic (exact) mass is 301 g/mol. The molecule has 7 heteroatoms. The van der Waals surface area contributed by atoms with Gasteiger partial charge < -0.3 is 9.64 Å². The summed E-state index contributed by atoms with van der Waals surface area (Å²) in [6.07, 6.45) is 2.53. The fourth-order valence-electron chi connectivity index (χ4n) is 3.45. The molecule has 2 saturated heterocycles. The fraction of sp³-hybridized carbons (Fsp3) is 0.533. The van der Waals surface area contributed by atoms with Crippen molar-refractivity contribution >= 4 is 11.6 Å². The maximum Gasteiger partial charge on any atom is 0.248 e. The van der Waals surface area contributed by atoms with Gasteiger partial charge in [-0.25, -0.2) is 9.50 Å². The fourth-order valence-corrected chi connectivity index (χ4v) is 3.45. The van der Waals surface area contributed by atoms with Crippen LogP contribution in [-0.2, 0) is 16.1 Å². The van der Waals surface area contributed by atoms with E-state index in [0.29, 0.717) is 6.54 Å². The number of likely N-dealkylation sites (N-methyl/N-ethyl adjacent to an activating group) is 1. The first-order chi connectivity index (χ1) is 10.7. The Bertz CT molecular complexity index is 715. The van der Waals surface area contributed by atoms with Crippen molar-refractivity contribution in [2.45, 2.75) is 18.6 Å². The van der Waals surface area contributed by atoms with Crippen molar-refractivity contribution in [1.29, 1.82) is 0 Å². The van der Waals surface area contributed by atoms with Gasteiger partial charge in [-0.1, -0.05) is 6.07 Å². The number of fused-ring (bicyclic) bond motifs is 1. The number of likely N-dealkylation sites (tertiary alicyclic amines) is 1. The van der Waals surface area contributed by atoms with Gasteiger partial charge in [0.15, 0.2) is 5.65 Å². The van der Waals surface area contributed by atoms with Crippen LogP contribution in [0.3, 0.4) is 0 Å². The van der Waals surface area contributed by atoms with E-state index in [-0.39, 0.29) is 18.1 Å². The quantitative estimate of drug-likeness (QED) is 0.791. The molecule has 7 nitrogen and oxygen atoms in total. The van der Waals surface area contributed by atoms with Crippen LogP contribution in [0.2, 0.25) is 0 Å². The van der Waals surface area contributed by atoms with Gasteiger partial charge in [-0.3, -0.25) is 9.69 Å². The van der Waals surface area contributed by atoms with E-state index in [1.807, 2.05) is 23.7 Å². The average Bonchev–Trinajstić information content (AvgIpc) is 3.12. The molecule has 0 radical (unpaired) electrons. The molecule has 1 unspecified atom stereocenters. The van der Waals surface area contributed by atoms with Crippen LogP contribution >= 0.6 is 0 Å². The van der Waals surface area contributed by atoms with Gasteiger partial charge in [-0.05, 0) is 18.6 Å². The maximum atomic E-state index is 11.6. The summed E-state index contributed by atoms with van der Waals surface area (Å²) in [4.78, 5) is 20.0. The van der Waals surface area contributed by atoms with Gasteiger partial charge in [0.25, 0.3) is 0 Å². The second-order valence-corrected chi connectivity index (χ2v) is 6.23. The Labute approximate surface area is 128 Å². The molecule has 2 fully saturated rings. The third-order valence-electron chi connectivity index (χ3n) is 4.61. The number of carbonyl (C=O) groups excluding carboxylic acids is 1. The smallest absolute Gasteiger partial charge is 0.248 e. The molecule has 0 aliphatic carbocycles. The van der Waals surface area contributed by atoms with Crippen molar-refractivity contribution in [2.24, 2.45) is 0 Å². The van der Waals surface area contributed by atoms with E-state index >= 15 is 0 Å². The number of morpholine rings is 1. The van der Waals surface area contributed by atoms with Crippen molar-refractivity contribution in [3.05, 3.63) is 30.2 Å². The van der Waals surface area contributed by atoms with E-state index in [1.165, 1.54) is 0 Å². The molecule has 22 heavy (non-hydrogen) atoms. The first-order valence-corrected chi connectivity index (χ1v) is 7.53. The molecular weight excluding hydrogens is 282 g/mol. The van der Waals surface area contributed by atoms with E-state index in [1.54, 1.807) is 11.2 Å². The number of nitrogens with zero attached hydrogens (tertiary/aromatic N) is 5. The predicted octanol–water partition coefficient (Wildman–Crippen LogP) is 0.162. The molecule has 1 spiro atoms. The Kier molecular flexibility index (Phi) is 3.12. The normalized spacial score (nSPS) is 26.4. The summed E-state index contributed by atoms with van der Waals surface area (Å²) < 4.78 is 7.76. The Balaban J connectivity index is 1.49. The number of hydrogen-bond donors (Lipinski definition) is 0. The van der Waals surface area contributed by atoms with Crippen molar-refractivity contribution < 1.29 is 9.53 Å². The minimum Gasteiger partial charge on any atom is -0.362 e. The largest absolute Gasteiger partial charge is 0.362 e. The minimum atomic E-state index is -0.209. The van der Waals surface area contributed by atoms with Gasteiger partial charge in [0, 0.05) is 26.7 Å². The molecule has 4 rings (SSSR count). The highest BCUT2D eigenvalue weighted by Crippen LogP contribution is 2.30. The lowest BCUT2D eigenvalue weighted by molar-refractivity contribution is -0.159. The maximum absolute atomic E-state index is 11.6. The highest BCUT2D eigenvalue weighted by atomic mass is 16.5. The molecule has 1 amide bonds. The summed E-state index contributed by atoms with van der Waals surface area (Å²) in [7, 11) is 1.85. The zero-order valence-electron chi connectivity index (χ0n) is 12.6. The number of amides is 1. The van der Waals surface area contributed by atoms with Crippen molar-refractivity contribution in [2.75, 3.05) is 33.3 Å². The first kappa shape index (κ1) is 13.7. The number of hydrogen-bond acceptors (Lipinski definition) is 5. The van der Waals surface area contributed by atoms with E-state index in [0.717, 1.165) is 37.4 Å². The zero-order chi connectivity index (χ0) is 15.2. The summed E-state index contributed by atoms with van der Waals surface area (Å²) in [5.74, 6) is 0.0662. The third kappa shape index (κ3) is 2.26. The van der Waals surface area contributed by atoms with Gasteiger partial charge >= 0.3 is 0 Å². The SMILES string of the molecule is CN1CC2(CCN(Cc3cccc4ncnn34)C2)OCC1=O.